The molecule has 1 N–H and O–H groups in total. The molecule has 2 aromatic carbocycles. The molecule has 26 heavy (non-hydrogen) atoms. The van der Waals surface area contributed by atoms with Gasteiger partial charge in [-0.15, -0.1) is 0 Å². The van der Waals surface area contributed by atoms with Gasteiger partial charge in [-0.1, -0.05) is 47.6 Å². The third-order valence-corrected chi connectivity index (χ3v) is 5.73. The zero-order valence-corrected chi connectivity index (χ0v) is 15.8. The highest BCUT2D eigenvalue weighted by Crippen LogP contribution is 2.40. The van der Waals surface area contributed by atoms with E-state index >= 15 is 0 Å². The summed E-state index contributed by atoms with van der Waals surface area (Å²) in [6, 6.07) is 19.8. The van der Waals surface area contributed by atoms with Crippen LogP contribution in [-0.4, -0.2) is 14.7 Å². The number of aliphatic hydroxyl groups is 1. The summed E-state index contributed by atoms with van der Waals surface area (Å²) in [4.78, 5) is 6.77. The normalized spacial score (nSPS) is 11.2. The summed E-state index contributed by atoms with van der Waals surface area (Å²) in [6.07, 6.45) is 1.79. The minimum absolute atomic E-state index is 0.0404. The van der Waals surface area contributed by atoms with Gasteiger partial charge in [-0.05, 0) is 48.9 Å². The molecule has 2 heterocycles. The van der Waals surface area contributed by atoms with Crippen LogP contribution in [0.15, 0.2) is 76.7 Å². The molecule has 0 aliphatic heterocycles. The molecule has 0 radical (unpaired) electrons. The Labute approximate surface area is 161 Å². The van der Waals surface area contributed by atoms with Crippen molar-refractivity contribution in [2.45, 2.75) is 23.3 Å². The summed E-state index contributed by atoms with van der Waals surface area (Å²) in [5, 5.41) is 11.2. The lowest BCUT2D eigenvalue weighted by Crippen LogP contribution is -1.98. The van der Waals surface area contributed by atoms with Gasteiger partial charge in [-0.3, -0.25) is 4.57 Å². The van der Waals surface area contributed by atoms with Crippen LogP contribution in [0.2, 0.25) is 5.02 Å². The average Bonchev–Trinajstić information content (AvgIpc) is 2.93. The van der Waals surface area contributed by atoms with Gasteiger partial charge < -0.3 is 5.11 Å². The number of hydrogen-bond donors (Lipinski definition) is 1. The fourth-order valence-corrected chi connectivity index (χ4v) is 4.37. The molecule has 0 fully saturated rings. The highest BCUT2D eigenvalue weighted by atomic mass is 35.5. The minimum atomic E-state index is 0.0404. The smallest absolute Gasteiger partial charge is 0.137 e. The second-order valence-corrected chi connectivity index (χ2v) is 7.53. The zero-order valence-electron chi connectivity index (χ0n) is 14.2. The SMILES string of the molecule is Cc1c(Sc2cccc(CO)c2)c2ccc(Cl)cc2n1-c1ccccn1. The number of pyridine rings is 1. The van der Waals surface area contributed by atoms with Gasteiger partial charge in [0, 0.05) is 32.1 Å². The van der Waals surface area contributed by atoms with E-state index in [0.717, 1.165) is 37.8 Å². The molecule has 0 atom stereocenters. The molecule has 0 spiro atoms. The van der Waals surface area contributed by atoms with Crippen LogP contribution in [0, 0.1) is 6.92 Å². The van der Waals surface area contributed by atoms with E-state index in [1.54, 1.807) is 18.0 Å². The molecule has 2 aromatic heterocycles. The number of rotatable bonds is 4. The number of benzene rings is 2. The molecule has 0 aliphatic rings. The topological polar surface area (TPSA) is 38.0 Å². The van der Waals surface area contributed by atoms with Crippen molar-refractivity contribution in [3.8, 4) is 5.82 Å². The first-order valence-electron chi connectivity index (χ1n) is 8.27. The molecule has 4 rings (SSSR count). The third kappa shape index (κ3) is 3.12. The van der Waals surface area contributed by atoms with Gasteiger partial charge in [0.1, 0.15) is 5.82 Å². The number of aliphatic hydroxyl groups excluding tert-OH is 1. The summed E-state index contributed by atoms with van der Waals surface area (Å²) >= 11 is 7.96. The molecule has 0 saturated heterocycles. The van der Waals surface area contributed by atoms with Gasteiger partial charge >= 0.3 is 0 Å². The zero-order chi connectivity index (χ0) is 18.1. The van der Waals surface area contributed by atoms with Gasteiger partial charge in [0.25, 0.3) is 0 Å². The Morgan fingerprint density at radius 1 is 1.08 bits per heavy atom. The molecule has 4 aromatic rings. The summed E-state index contributed by atoms with van der Waals surface area (Å²) in [5.41, 5.74) is 3.05. The highest BCUT2D eigenvalue weighted by molar-refractivity contribution is 7.99. The second-order valence-electron chi connectivity index (χ2n) is 6.01. The number of halogens is 1. The van der Waals surface area contributed by atoms with Gasteiger partial charge in [0.15, 0.2) is 0 Å². The Bertz CT molecular complexity index is 1080. The second kappa shape index (κ2) is 7.16. The quantitative estimate of drug-likeness (QED) is 0.498. The molecule has 130 valence electrons. The molecule has 0 saturated carbocycles. The maximum absolute atomic E-state index is 9.40. The number of nitrogens with zero attached hydrogens (tertiary/aromatic N) is 2. The monoisotopic (exact) mass is 380 g/mol. The van der Waals surface area contributed by atoms with E-state index in [2.05, 4.69) is 28.6 Å². The molecule has 0 amide bonds. The Morgan fingerprint density at radius 2 is 1.96 bits per heavy atom. The minimum Gasteiger partial charge on any atom is -0.392 e. The molecule has 5 heteroatoms. The molecular weight excluding hydrogens is 364 g/mol. The summed E-state index contributed by atoms with van der Waals surface area (Å²) in [6.45, 7) is 2.14. The Morgan fingerprint density at radius 3 is 2.73 bits per heavy atom. The van der Waals surface area contributed by atoms with Crippen molar-refractivity contribution in [1.82, 2.24) is 9.55 Å². The first-order valence-corrected chi connectivity index (χ1v) is 9.46. The maximum atomic E-state index is 9.40. The van der Waals surface area contributed by atoms with Gasteiger partial charge in [-0.25, -0.2) is 4.98 Å². The van der Waals surface area contributed by atoms with Crippen LogP contribution >= 0.6 is 23.4 Å². The molecule has 0 unspecified atom stereocenters. The van der Waals surface area contributed by atoms with Gasteiger partial charge in [-0.2, -0.15) is 0 Å². The van der Waals surface area contributed by atoms with Crippen LogP contribution in [0.25, 0.3) is 16.7 Å². The lowest BCUT2D eigenvalue weighted by molar-refractivity contribution is 0.281. The van der Waals surface area contributed by atoms with Crippen molar-refractivity contribution in [1.29, 1.82) is 0 Å². The highest BCUT2D eigenvalue weighted by Gasteiger charge is 2.17. The van der Waals surface area contributed by atoms with Crippen molar-refractivity contribution in [3.63, 3.8) is 0 Å². The first kappa shape index (κ1) is 17.2. The van der Waals surface area contributed by atoms with Crippen molar-refractivity contribution >= 4 is 34.3 Å². The van der Waals surface area contributed by atoms with Crippen LogP contribution in [0.4, 0.5) is 0 Å². The van der Waals surface area contributed by atoms with Crippen LogP contribution in [-0.2, 0) is 6.61 Å². The van der Waals surface area contributed by atoms with Crippen LogP contribution in [0.5, 0.6) is 0 Å². The van der Waals surface area contributed by atoms with Crippen LogP contribution in [0.1, 0.15) is 11.3 Å². The summed E-state index contributed by atoms with van der Waals surface area (Å²) in [5.74, 6) is 0.869. The standard InChI is InChI=1S/C21H17ClN2OS/c1-14-21(26-17-6-4-5-15(11-17)13-25)18-9-8-16(22)12-19(18)24(14)20-7-2-3-10-23-20/h2-12,25H,13H2,1H3. The average molecular weight is 381 g/mol. The Kier molecular flexibility index (Phi) is 4.72. The van der Waals surface area contributed by atoms with E-state index in [4.69, 9.17) is 11.6 Å². The summed E-state index contributed by atoms with van der Waals surface area (Å²) in [7, 11) is 0. The molecular formula is C21H17ClN2OS. The van der Waals surface area contributed by atoms with E-state index in [1.807, 2.05) is 48.5 Å². The lowest BCUT2D eigenvalue weighted by Gasteiger charge is -2.08. The van der Waals surface area contributed by atoms with E-state index < -0.39 is 0 Å². The van der Waals surface area contributed by atoms with Crippen molar-refractivity contribution < 1.29 is 5.11 Å². The number of fused-ring (bicyclic) bond motifs is 1. The largest absolute Gasteiger partial charge is 0.392 e. The van der Waals surface area contributed by atoms with E-state index in [0.29, 0.717) is 5.02 Å². The Balaban J connectivity index is 1.91. The number of hydrogen-bond acceptors (Lipinski definition) is 3. The molecule has 0 aliphatic carbocycles. The predicted octanol–water partition coefficient (Wildman–Crippen LogP) is 5.63. The molecule has 3 nitrogen and oxygen atoms in total. The summed E-state index contributed by atoms with van der Waals surface area (Å²) < 4.78 is 2.14. The van der Waals surface area contributed by atoms with E-state index in [-0.39, 0.29) is 6.61 Å². The Hall–Kier alpha value is -2.27. The fraction of sp³-hybridized carbons (Fsp3) is 0.0952. The van der Waals surface area contributed by atoms with Crippen LogP contribution < -0.4 is 0 Å². The van der Waals surface area contributed by atoms with Gasteiger partial charge in [0.05, 0.1) is 12.1 Å². The molecule has 0 bridgehead atoms. The van der Waals surface area contributed by atoms with E-state index in [9.17, 15) is 5.11 Å². The fourth-order valence-electron chi connectivity index (χ4n) is 3.09. The maximum Gasteiger partial charge on any atom is 0.137 e. The van der Waals surface area contributed by atoms with Crippen molar-refractivity contribution in [2.75, 3.05) is 0 Å². The van der Waals surface area contributed by atoms with E-state index in [1.165, 1.54) is 0 Å². The predicted molar refractivity (Wildman–Crippen MR) is 107 cm³/mol. The van der Waals surface area contributed by atoms with Crippen molar-refractivity contribution in [3.05, 3.63) is 83.1 Å². The number of aromatic nitrogens is 2. The van der Waals surface area contributed by atoms with Crippen molar-refractivity contribution in [2.24, 2.45) is 0 Å². The third-order valence-electron chi connectivity index (χ3n) is 4.29. The van der Waals surface area contributed by atoms with Crippen LogP contribution in [0.3, 0.4) is 0 Å². The first-order chi connectivity index (χ1) is 12.7. The van der Waals surface area contributed by atoms with Gasteiger partial charge in [0.2, 0.25) is 0 Å². The lowest BCUT2D eigenvalue weighted by atomic mass is 10.2.